The van der Waals surface area contributed by atoms with Gasteiger partial charge < -0.3 is 10.8 Å². The molecule has 28 heavy (non-hydrogen) atoms. The average molecular weight is 441 g/mol. The number of benzene rings is 1. The van der Waals surface area contributed by atoms with E-state index in [0.29, 0.717) is 10.8 Å². The Kier molecular flexibility index (Phi) is 7.16. The molecule has 3 aromatic rings. The highest BCUT2D eigenvalue weighted by atomic mass is 35.5. The number of carboxylic acid groups (broad SMARTS) is 1. The van der Waals surface area contributed by atoms with E-state index in [2.05, 4.69) is 14.7 Å². The zero-order valence-corrected chi connectivity index (χ0v) is 16.4. The number of anilines is 2. The first-order chi connectivity index (χ1) is 13.2. The molecule has 0 spiro atoms. The van der Waals surface area contributed by atoms with Crippen molar-refractivity contribution in [2.75, 3.05) is 10.5 Å². The minimum Gasteiger partial charge on any atom is -0.478 e. The Morgan fingerprint density at radius 2 is 1.82 bits per heavy atom. The predicted molar refractivity (Wildman–Crippen MR) is 107 cm³/mol. The SMILES string of the molecule is Nc1ncccc1Cl.O=C(O)c1cccc(S(=O)(=O)Nc2ccncc2Cl)c1. The van der Waals surface area contributed by atoms with Gasteiger partial charge in [-0.1, -0.05) is 29.3 Å². The Balaban J connectivity index is 0.000000292. The third-order valence-electron chi connectivity index (χ3n) is 3.19. The summed E-state index contributed by atoms with van der Waals surface area (Å²) in [5.41, 5.74) is 5.33. The van der Waals surface area contributed by atoms with E-state index in [1.165, 1.54) is 36.7 Å². The van der Waals surface area contributed by atoms with Gasteiger partial charge in [-0.25, -0.2) is 18.2 Å². The highest BCUT2D eigenvalue weighted by molar-refractivity contribution is 7.92. The van der Waals surface area contributed by atoms with E-state index in [9.17, 15) is 13.2 Å². The molecule has 11 heteroatoms. The molecular formula is C17H14Cl2N4O4S. The number of halogens is 2. The molecule has 2 aromatic heterocycles. The molecule has 0 atom stereocenters. The van der Waals surface area contributed by atoms with Crippen molar-refractivity contribution in [1.29, 1.82) is 0 Å². The fourth-order valence-electron chi connectivity index (χ4n) is 1.86. The fourth-order valence-corrected chi connectivity index (χ4v) is 3.33. The Labute approximate surface area is 171 Å². The van der Waals surface area contributed by atoms with Crippen LogP contribution in [0.4, 0.5) is 11.5 Å². The zero-order chi connectivity index (χ0) is 20.7. The number of nitrogens with zero attached hydrogens (tertiary/aromatic N) is 2. The van der Waals surface area contributed by atoms with Crippen LogP contribution in [0.25, 0.3) is 0 Å². The number of hydrogen-bond acceptors (Lipinski definition) is 6. The molecule has 0 bridgehead atoms. The summed E-state index contributed by atoms with van der Waals surface area (Å²) in [7, 11) is -3.92. The van der Waals surface area contributed by atoms with Gasteiger partial charge in [0.05, 0.1) is 26.2 Å². The first kappa shape index (κ1) is 21.4. The number of aromatic nitrogens is 2. The topological polar surface area (TPSA) is 135 Å². The van der Waals surface area contributed by atoms with E-state index in [1.54, 1.807) is 18.3 Å². The van der Waals surface area contributed by atoms with Gasteiger partial charge in [-0.15, -0.1) is 0 Å². The van der Waals surface area contributed by atoms with E-state index < -0.39 is 16.0 Å². The van der Waals surface area contributed by atoms with Gasteiger partial charge in [-0.05, 0) is 36.4 Å². The molecule has 3 rings (SSSR count). The number of carbonyl (C=O) groups is 1. The number of aromatic carboxylic acids is 1. The summed E-state index contributed by atoms with van der Waals surface area (Å²) in [4.78, 5) is 18.2. The molecule has 0 unspecified atom stereocenters. The second-order valence-electron chi connectivity index (χ2n) is 5.16. The molecule has 2 heterocycles. The number of pyridine rings is 2. The molecule has 0 saturated heterocycles. The van der Waals surface area contributed by atoms with Crippen LogP contribution in [-0.4, -0.2) is 29.5 Å². The van der Waals surface area contributed by atoms with Crippen LogP contribution in [0.2, 0.25) is 10.0 Å². The van der Waals surface area contributed by atoms with Crippen molar-refractivity contribution in [2.45, 2.75) is 4.90 Å². The van der Waals surface area contributed by atoms with Gasteiger partial charge in [0.25, 0.3) is 10.0 Å². The lowest BCUT2D eigenvalue weighted by atomic mass is 10.2. The molecule has 0 amide bonds. The van der Waals surface area contributed by atoms with E-state index in [-0.39, 0.29) is 21.2 Å². The van der Waals surface area contributed by atoms with Crippen LogP contribution in [0.5, 0.6) is 0 Å². The number of sulfonamides is 1. The maximum Gasteiger partial charge on any atom is 0.335 e. The average Bonchev–Trinajstić information content (AvgIpc) is 2.66. The monoisotopic (exact) mass is 440 g/mol. The zero-order valence-electron chi connectivity index (χ0n) is 14.1. The minimum atomic E-state index is -3.92. The number of hydrogen-bond donors (Lipinski definition) is 3. The summed E-state index contributed by atoms with van der Waals surface area (Å²) in [6, 6.07) is 9.86. The normalized spacial score (nSPS) is 10.5. The molecule has 0 fully saturated rings. The van der Waals surface area contributed by atoms with Crippen LogP contribution >= 0.6 is 23.2 Å². The molecule has 146 valence electrons. The molecular weight excluding hydrogens is 427 g/mol. The second kappa shape index (κ2) is 9.36. The third-order valence-corrected chi connectivity index (χ3v) is 5.18. The molecule has 0 aliphatic carbocycles. The van der Waals surface area contributed by atoms with Crippen molar-refractivity contribution in [3.05, 3.63) is 76.7 Å². The van der Waals surface area contributed by atoms with Gasteiger partial charge in [-0.2, -0.15) is 0 Å². The van der Waals surface area contributed by atoms with E-state index >= 15 is 0 Å². The molecule has 1 aromatic carbocycles. The van der Waals surface area contributed by atoms with Crippen molar-refractivity contribution in [1.82, 2.24) is 9.97 Å². The van der Waals surface area contributed by atoms with Gasteiger partial charge in [0, 0.05) is 18.6 Å². The summed E-state index contributed by atoms with van der Waals surface area (Å²) in [6.45, 7) is 0. The molecule has 4 N–H and O–H groups in total. The van der Waals surface area contributed by atoms with Gasteiger partial charge in [0.2, 0.25) is 0 Å². The van der Waals surface area contributed by atoms with Crippen LogP contribution in [0, 0.1) is 0 Å². The van der Waals surface area contributed by atoms with Gasteiger partial charge in [-0.3, -0.25) is 9.71 Å². The summed E-state index contributed by atoms with van der Waals surface area (Å²) >= 11 is 11.3. The molecule has 0 aliphatic rings. The number of nitrogens with two attached hydrogens (primary N) is 1. The smallest absolute Gasteiger partial charge is 0.335 e. The Bertz CT molecular complexity index is 1070. The molecule has 0 aliphatic heterocycles. The standard InChI is InChI=1S/C12H9ClN2O4S.C5H5ClN2/c13-10-7-14-5-4-11(10)15-20(18,19)9-3-1-2-8(6-9)12(16)17;6-4-2-1-3-8-5(4)7/h1-7H,(H,14,15)(H,16,17);1-3H,(H2,7,8). The van der Waals surface area contributed by atoms with Crippen molar-refractivity contribution < 1.29 is 18.3 Å². The van der Waals surface area contributed by atoms with Crippen LogP contribution in [0.15, 0.2) is 66.0 Å². The largest absolute Gasteiger partial charge is 0.478 e. The highest BCUT2D eigenvalue weighted by Gasteiger charge is 2.17. The van der Waals surface area contributed by atoms with Crippen molar-refractivity contribution in [3.8, 4) is 0 Å². The number of nitrogen functional groups attached to an aromatic ring is 1. The van der Waals surface area contributed by atoms with E-state index in [4.69, 9.17) is 34.0 Å². The first-order valence-corrected chi connectivity index (χ1v) is 9.76. The number of carboxylic acids is 1. The highest BCUT2D eigenvalue weighted by Crippen LogP contribution is 2.23. The Morgan fingerprint density at radius 3 is 2.39 bits per heavy atom. The summed E-state index contributed by atoms with van der Waals surface area (Å²) in [5, 5.41) is 9.52. The van der Waals surface area contributed by atoms with Crippen LogP contribution < -0.4 is 10.5 Å². The summed E-state index contributed by atoms with van der Waals surface area (Å²) < 4.78 is 26.6. The van der Waals surface area contributed by atoms with Gasteiger partial charge >= 0.3 is 5.97 Å². The van der Waals surface area contributed by atoms with Gasteiger partial charge in [0.15, 0.2) is 0 Å². The van der Waals surface area contributed by atoms with E-state index in [0.717, 1.165) is 6.07 Å². The van der Waals surface area contributed by atoms with Crippen molar-refractivity contribution in [2.24, 2.45) is 0 Å². The van der Waals surface area contributed by atoms with Gasteiger partial charge in [0.1, 0.15) is 5.82 Å². The molecule has 8 nitrogen and oxygen atoms in total. The lowest BCUT2D eigenvalue weighted by molar-refractivity contribution is 0.0696. The fraction of sp³-hybridized carbons (Fsp3) is 0. The molecule has 0 radical (unpaired) electrons. The number of rotatable bonds is 4. The quantitative estimate of drug-likeness (QED) is 0.563. The Morgan fingerprint density at radius 1 is 1.07 bits per heavy atom. The first-order valence-electron chi connectivity index (χ1n) is 7.52. The van der Waals surface area contributed by atoms with E-state index in [1.807, 2.05) is 0 Å². The summed E-state index contributed by atoms with van der Waals surface area (Å²) in [6.07, 6.45) is 4.28. The minimum absolute atomic E-state index is 0.117. The van der Waals surface area contributed by atoms with Crippen molar-refractivity contribution in [3.63, 3.8) is 0 Å². The van der Waals surface area contributed by atoms with Crippen LogP contribution in [0.1, 0.15) is 10.4 Å². The predicted octanol–water partition coefficient (Wildman–Crippen LogP) is 3.55. The lowest BCUT2D eigenvalue weighted by Crippen LogP contribution is -2.14. The maximum absolute atomic E-state index is 12.1. The van der Waals surface area contributed by atoms with Crippen molar-refractivity contribution >= 4 is 50.7 Å². The maximum atomic E-state index is 12.1. The lowest BCUT2D eigenvalue weighted by Gasteiger charge is -2.09. The van der Waals surface area contributed by atoms with Crippen LogP contribution in [0.3, 0.4) is 0 Å². The second-order valence-corrected chi connectivity index (χ2v) is 7.66. The third kappa shape index (κ3) is 5.81. The van der Waals surface area contributed by atoms with Crippen LogP contribution in [-0.2, 0) is 10.0 Å². The number of nitrogens with one attached hydrogen (secondary N) is 1. The summed E-state index contributed by atoms with van der Waals surface area (Å²) in [5.74, 6) is -0.821. The Hall–Kier alpha value is -2.88. The molecule has 0 saturated carbocycles.